The molecule has 1 aromatic rings. The molecule has 3 N–H and O–H groups in total. The monoisotopic (exact) mass is 304 g/mol. The minimum atomic E-state index is -0.747. The lowest BCUT2D eigenvalue weighted by atomic mass is 10.0. The number of nitrogens with one attached hydrogen (secondary N) is 2. The van der Waals surface area contributed by atoms with Crippen molar-refractivity contribution in [3.63, 3.8) is 0 Å². The largest absolute Gasteiger partial charge is 0.481 e. The minimum absolute atomic E-state index is 0.105. The SMILES string of the molecule is CC1Cc2cc(C(=O)CNCCCCCC(=O)O)ccc2N1. The predicted octanol–water partition coefficient (Wildman–Crippen LogP) is 2.46. The van der Waals surface area contributed by atoms with Crippen molar-refractivity contribution in [1.29, 1.82) is 0 Å². The highest BCUT2D eigenvalue weighted by Gasteiger charge is 2.18. The normalized spacial score (nSPS) is 16.1. The van der Waals surface area contributed by atoms with Gasteiger partial charge in [0.05, 0.1) is 6.54 Å². The van der Waals surface area contributed by atoms with Gasteiger partial charge in [0.25, 0.3) is 0 Å². The second kappa shape index (κ2) is 7.94. The van der Waals surface area contributed by atoms with Gasteiger partial charge in [-0.15, -0.1) is 0 Å². The molecule has 1 aliphatic rings. The van der Waals surface area contributed by atoms with Gasteiger partial charge < -0.3 is 15.7 Å². The Morgan fingerprint density at radius 1 is 1.32 bits per heavy atom. The fourth-order valence-electron chi connectivity index (χ4n) is 2.73. The molecule has 5 nitrogen and oxygen atoms in total. The first-order valence-electron chi connectivity index (χ1n) is 7.91. The lowest BCUT2D eigenvalue weighted by Gasteiger charge is -2.06. The van der Waals surface area contributed by atoms with E-state index in [0.717, 1.165) is 37.1 Å². The van der Waals surface area contributed by atoms with Crippen LogP contribution < -0.4 is 10.6 Å². The zero-order valence-corrected chi connectivity index (χ0v) is 13.0. The maximum absolute atomic E-state index is 12.1. The third-order valence-corrected chi connectivity index (χ3v) is 3.88. The molecule has 1 aromatic carbocycles. The van der Waals surface area contributed by atoms with Crippen LogP contribution in [0.3, 0.4) is 0 Å². The summed E-state index contributed by atoms with van der Waals surface area (Å²) in [7, 11) is 0. The number of fused-ring (bicyclic) bond motifs is 1. The molecule has 2 rings (SSSR count). The Hall–Kier alpha value is -1.88. The Morgan fingerprint density at radius 3 is 2.91 bits per heavy atom. The zero-order chi connectivity index (χ0) is 15.9. The van der Waals surface area contributed by atoms with Gasteiger partial charge in [-0.1, -0.05) is 6.42 Å². The number of carbonyl (C=O) groups excluding carboxylic acids is 1. The first-order chi connectivity index (χ1) is 10.6. The first-order valence-corrected chi connectivity index (χ1v) is 7.91. The van der Waals surface area contributed by atoms with E-state index in [1.165, 1.54) is 5.56 Å². The average molecular weight is 304 g/mol. The zero-order valence-electron chi connectivity index (χ0n) is 13.0. The van der Waals surface area contributed by atoms with E-state index in [-0.39, 0.29) is 12.2 Å². The summed E-state index contributed by atoms with van der Waals surface area (Å²) < 4.78 is 0. The molecule has 5 heteroatoms. The van der Waals surface area contributed by atoms with Gasteiger partial charge in [-0.2, -0.15) is 0 Å². The topological polar surface area (TPSA) is 78.4 Å². The lowest BCUT2D eigenvalue weighted by molar-refractivity contribution is -0.137. The van der Waals surface area contributed by atoms with Crippen LogP contribution in [0, 0.1) is 0 Å². The van der Waals surface area contributed by atoms with Gasteiger partial charge in [-0.05, 0) is 56.5 Å². The number of carbonyl (C=O) groups is 2. The Bertz CT molecular complexity index is 543. The summed E-state index contributed by atoms with van der Waals surface area (Å²) >= 11 is 0. The Labute approximate surface area is 131 Å². The average Bonchev–Trinajstić information content (AvgIpc) is 2.84. The summed E-state index contributed by atoms with van der Waals surface area (Å²) in [5.41, 5.74) is 3.11. The van der Waals surface area contributed by atoms with Gasteiger partial charge in [0, 0.05) is 23.7 Å². The molecule has 22 heavy (non-hydrogen) atoms. The van der Waals surface area contributed by atoms with Crippen LogP contribution in [-0.4, -0.2) is 36.0 Å². The van der Waals surface area contributed by atoms with E-state index in [9.17, 15) is 9.59 Å². The molecule has 0 bridgehead atoms. The fraction of sp³-hybridized carbons (Fsp3) is 0.529. The molecule has 1 atom stereocenters. The van der Waals surface area contributed by atoms with Crippen LogP contribution in [0.25, 0.3) is 0 Å². The number of ketones is 1. The summed E-state index contributed by atoms with van der Waals surface area (Å²) in [6.07, 6.45) is 3.65. The van der Waals surface area contributed by atoms with Crippen molar-refractivity contribution in [2.24, 2.45) is 0 Å². The van der Waals surface area contributed by atoms with Gasteiger partial charge in [0.1, 0.15) is 0 Å². The van der Waals surface area contributed by atoms with Gasteiger partial charge in [-0.25, -0.2) is 0 Å². The first kappa shape index (κ1) is 16.5. The van der Waals surface area contributed by atoms with Crippen LogP contribution in [0.5, 0.6) is 0 Å². The van der Waals surface area contributed by atoms with Crippen molar-refractivity contribution < 1.29 is 14.7 Å². The molecule has 0 amide bonds. The standard InChI is InChI=1S/C17H24N2O3/c1-12-9-14-10-13(6-7-15(14)19-12)16(20)11-18-8-4-2-3-5-17(21)22/h6-7,10,12,18-19H,2-5,8-9,11H2,1H3,(H,21,22). The summed E-state index contributed by atoms with van der Waals surface area (Å²) in [5, 5.41) is 15.0. The smallest absolute Gasteiger partial charge is 0.303 e. The van der Waals surface area contributed by atoms with Crippen LogP contribution in [0.15, 0.2) is 18.2 Å². The number of rotatable bonds is 9. The van der Waals surface area contributed by atoms with E-state index in [1.54, 1.807) is 0 Å². The van der Waals surface area contributed by atoms with E-state index in [2.05, 4.69) is 17.6 Å². The molecule has 0 saturated carbocycles. The maximum atomic E-state index is 12.1. The van der Waals surface area contributed by atoms with Crippen LogP contribution in [0.4, 0.5) is 5.69 Å². The van der Waals surface area contributed by atoms with Crippen LogP contribution in [0.2, 0.25) is 0 Å². The number of Topliss-reactive ketones (excluding diaryl/α,β-unsaturated/α-hetero) is 1. The second-order valence-electron chi connectivity index (χ2n) is 5.93. The number of carboxylic acids is 1. The third kappa shape index (κ3) is 4.84. The number of carboxylic acid groups (broad SMARTS) is 1. The second-order valence-corrected chi connectivity index (χ2v) is 5.93. The van der Waals surface area contributed by atoms with Crippen molar-refractivity contribution in [3.05, 3.63) is 29.3 Å². The molecule has 0 aliphatic carbocycles. The van der Waals surface area contributed by atoms with Gasteiger partial charge in [0.15, 0.2) is 5.78 Å². The van der Waals surface area contributed by atoms with E-state index in [0.29, 0.717) is 19.0 Å². The van der Waals surface area contributed by atoms with Crippen molar-refractivity contribution in [1.82, 2.24) is 5.32 Å². The molecule has 120 valence electrons. The van der Waals surface area contributed by atoms with E-state index in [1.807, 2.05) is 18.2 Å². The number of hydrogen-bond donors (Lipinski definition) is 3. The fourth-order valence-corrected chi connectivity index (χ4v) is 2.73. The number of benzene rings is 1. The maximum Gasteiger partial charge on any atom is 0.303 e. The summed E-state index contributed by atoms with van der Waals surface area (Å²) in [6, 6.07) is 6.28. The summed E-state index contributed by atoms with van der Waals surface area (Å²) in [5.74, 6) is -0.642. The summed E-state index contributed by atoms with van der Waals surface area (Å²) in [6.45, 7) is 3.21. The molecule has 0 spiro atoms. The Balaban J connectivity index is 1.68. The summed E-state index contributed by atoms with van der Waals surface area (Å²) in [4.78, 5) is 22.5. The van der Waals surface area contributed by atoms with Crippen molar-refractivity contribution in [3.8, 4) is 0 Å². The molecule has 1 unspecified atom stereocenters. The van der Waals surface area contributed by atoms with Gasteiger partial charge >= 0.3 is 5.97 Å². The highest BCUT2D eigenvalue weighted by molar-refractivity contribution is 5.98. The molecule has 0 radical (unpaired) electrons. The van der Waals surface area contributed by atoms with Crippen LogP contribution in [-0.2, 0) is 11.2 Å². The van der Waals surface area contributed by atoms with Crippen LogP contribution in [0.1, 0.15) is 48.5 Å². The minimum Gasteiger partial charge on any atom is -0.481 e. The molecule has 0 fully saturated rings. The van der Waals surface area contributed by atoms with E-state index in [4.69, 9.17) is 5.11 Å². The highest BCUT2D eigenvalue weighted by Crippen LogP contribution is 2.26. The Morgan fingerprint density at radius 2 is 2.14 bits per heavy atom. The Kier molecular flexibility index (Phi) is 5.95. The molecular formula is C17H24N2O3. The predicted molar refractivity (Wildman–Crippen MR) is 86.5 cm³/mol. The molecule has 1 heterocycles. The van der Waals surface area contributed by atoms with Crippen molar-refractivity contribution in [2.45, 2.75) is 45.1 Å². The number of anilines is 1. The van der Waals surface area contributed by atoms with Crippen molar-refractivity contribution >= 4 is 17.4 Å². The number of aliphatic carboxylic acids is 1. The van der Waals surface area contributed by atoms with Crippen molar-refractivity contribution in [2.75, 3.05) is 18.4 Å². The molecule has 0 aromatic heterocycles. The van der Waals surface area contributed by atoms with E-state index >= 15 is 0 Å². The van der Waals surface area contributed by atoms with Gasteiger partial charge in [0.2, 0.25) is 0 Å². The molecule has 1 aliphatic heterocycles. The molecular weight excluding hydrogens is 280 g/mol. The number of hydrogen-bond acceptors (Lipinski definition) is 4. The van der Waals surface area contributed by atoms with Crippen LogP contribution >= 0.6 is 0 Å². The van der Waals surface area contributed by atoms with E-state index < -0.39 is 5.97 Å². The quantitative estimate of drug-likeness (QED) is 0.482. The third-order valence-electron chi connectivity index (χ3n) is 3.88. The molecule has 0 saturated heterocycles. The highest BCUT2D eigenvalue weighted by atomic mass is 16.4. The lowest BCUT2D eigenvalue weighted by Crippen LogP contribution is -2.24. The van der Waals surface area contributed by atoms with Gasteiger partial charge in [-0.3, -0.25) is 9.59 Å². The number of unbranched alkanes of at least 4 members (excludes halogenated alkanes) is 2.